The highest BCUT2D eigenvalue weighted by Crippen LogP contribution is 2.34. The SMILES string of the molecule is NCCCCC(C(N)=O)N(CCNC(=O)C(Cc1cnc[nH]1)N(CCNC(=O)C(CCCN=C(N)N)N(CCN)C(=O)CCS)C(=O)CCC1CNc2ccccc21)C(=O)CCCCN=C(N)N. The van der Waals surface area contributed by atoms with Crippen LogP contribution < -0.4 is 56.1 Å². The summed E-state index contributed by atoms with van der Waals surface area (Å²) in [6.07, 6.45) is 6.74. The normalized spacial score (nSPS) is 14.0. The maximum Gasteiger partial charge on any atom is 0.243 e. The first kappa shape index (κ1) is 56.2. The third-order valence-corrected chi connectivity index (χ3v) is 11.8. The molecule has 0 saturated carbocycles. The molecular formula is C44H75N17O6S. The maximum absolute atomic E-state index is 14.6. The van der Waals surface area contributed by atoms with Crippen LogP contribution >= 0.6 is 12.6 Å². The van der Waals surface area contributed by atoms with E-state index in [4.69, 9.17) is 40.1 Å². The topological polar surface area (TPSA) is 384 Å². The Morgan fingerprint density at radius 1 is 0.721 bits per heavy atom. The molecule has 24 heteroatoms. The number of nitrogens with two attached hydrogens (primary N) is 7. The molecule has 0 bridgehead atoms. The van der Waals surface area contributed by atoms with Crippen molar-refractivity contribution in [1.82, 2.24) is 35.3 Å². The van der Waals surface area contributed by atoms with Crippen LogP contribution in [-0.4, -0.2) is 161 Å². The van der Waals surface area contributed by atoms with Gasteiger partial charge in [0.15, 0.2) is 11.9 Å². The summed E-state index contributed by atoms with van der Waals surface area (Å²) in [6.45, 7) is 1.49. The molecule has 0 aliphatic carbocycles. The summed E-state index contributed by atoms with van der Waals surface area (Å²) in [7, 11) is 0. The van der Waals surface area contributed by atoms with E-state index in [1.165, 1.54) is 21.0 Å². The van der Waals surface area contributed by atoms with E-state index < -0.39 is 35.8 Å². The molecule has 4 unspecified atom stereocenters. The predicted molar refractivity (Wildman–Crippen MR) is 266 cm³/mol. The molecule has 2 aromatic rings. The van der Waals surface area contributed by atoms with Crippen LogP contribution in [0.2, 0.25) is 0 Å². The number of carbonyl (C=O) groups is 6. The number of primary amides is 1. The summed E-state index contributed by atoms with van der Waals surface area (Å²) in [6, 6.07) is 4.89. The highest BCUT2D eigenvalue weighted by atomic mass is 32.1. The second-order valence-electron chi connectivity index (χ2n) is 16.5. The van der Waals surface area contributed by atoms with Crippen LogP contribution in [0.3, 0.4) is 0 Å². The molecule has 18 N–H and O–H groups in total. The molecule has 0 radical (unpaired) electrons. The fourth-order valence-electron chi connectivity index (χ4n) is 8.18. The summed E-state index contributed by atoms with van der Waals surface area (Å²) in [5.41, 5.74) is 42.0. The average Bonchev–Trinajstić information content (AvgIpc) is 3.99. The fourth-order valence-corrected chi connectivity index (χ4v) is 8.37. The van der Waals surface area contributed by atoms with Crippen LogP contribution in [0.5, 0.6) is 0 Å². The second-order valence-corrected chi connectivity index (χ2v) is 17.0. The number of anilines is 1. The smallest absolute Gasteiger partial charge is 0.243 e. The van der Waals surface area contributed by atoms with Crippen molar-refractivity contribution < 1.29 is 28.8 Å². The van der Waals surface area contributed by atoms with Gasteiger partial charge in [-0.15, -0.1) is 0 Å². The number of H-pyrrole nitrogens is 1. The Morgan fingerprint density at radius 2 is 1.32 bits per heavy atom. The van der Waals surface area contributed by atoms with E-state index in [9.17, 15) is 28.8 Å². The van der Waals surface area contributed by atoms with Gasteiger partial charge in [-0.25, -0.2) is 4.98 Å². The number of thiol groups is 1. The molecule has 23 nitrogen and oxygen atoms in total. The number of benzene rings is 1. The van der Waals surface area contributed by atoms with Crippen molar-refractivity contribution in [2.75, 3.05) is 76.5 Å². The Kier molecular flexibility index (Phi) is 25.6. The molecule has 1 aliphatic heterocycles. The zero-order chi connectivity index (χ0) is 49.8. The lowest BCUT2D eigenvalue weighted by Crippen LogP contribution is -2.56. The van der Waals surface area contributed by atoms with E-state index in [1.807, 2.05) is 24.3 Å². The van der Waals surface area contributed by atoms with Gasteiger partial charge in [0.1, 0.15) is 18.1 Å². The number of imidazole rings is 1. The van der Waals surface area contributed by atoms with E-state index >= 15 is 0 Å². The van der Waals surface area contributed by atoms with Crippen LogP contribution in [0.25, 0.3) is 0 Å². The molecule has 1 aliphatic rings. The minimum absolute atomic E-state index is 0.0245. The van der Waals surface area contributed by atoms with Gasteiger partial charge in [0.25, 0.3) is 0 Å². The minimum atomic E-state index is -1.12. The first-order valence-electron chi connectivity index (χ1n) is 23.4. The third-order valence-electron chi connectivity index (χ3n) is 11.6. The molecule has 1 aromatic heterocycles. The maximum atomic E-state index is 14.6. The molecule has 0 saturated heterocycles. The van der Waals surface area contributed by atoms with Crippen LogP contribution in [0.1, 0.15) is 87.8 Å². The molecule has 0 fully saturated rings. The highest BCUT2D eigenvalue weighted by Gasteiger charge is 2.34. The number of aromatic amines is 1. The zero-order valence-electron chi connectivity index (χ0n) is 39.2. The third kappa shape index (κ3) is 19.2. The standard InChI is InChI=1S/C44H75N17O6S/c45-16-5-3-10-34(40(47)65)60(37(62)12-4-6-18-55-43(48)49)23-20-54-42(67)36(26-31-28-52-29-58-31)61(38(63)14-13-30-27-57-33-9-2-1-8-32(30)33)24-21-53-41(66)35(11-7-19-56-44(50)51)59(22-17-46)39(64)15-25-68/h1-2,8-9,28-30,34-36,57,68H,3-7,10-27,45-46H2,(H2,47,65)(H,52,58)(H,53,66)(H,54,67)(H4,48,49,55)(H4,50,51,56). The molecule has 2 heterocycles. The number of amides is 6. The summed E-state index contributed by atoms with van der Waals surface area (Å²) in [5.74, 6) is -2.55. The lowest BCUT2D eigenvalue weighted by Gasteiger charge is -2.33. The number of fused-ring (bicyclic) bond motifs is 1. The second kappa shape index (κ2) is 31.0. The number of nitrogens with zero attached hydrogens (tertiary/aromatic N) is 6. The van der Waals surface area contributed by atoms with Gasteiger partial charge in [0, 0.05) is 108 Å². The zero-order valence-corrected chi connectivity index (χ0v) is 40.1. The van der Waals surface area contributed by atoms with Crippen LogP contribution in [0.15, 0.2) is 46.8 Å². The molecule has 0 spiro atoms. The molecular weight excluding hydrogens is 895 g/mol. The van der Waals surface area contributed by atoms with Crippen molar-refractivity contribution in [3.05, 3.63) is 48.0 Å². The lowest BCUT2D eigenvalue weighted by molar-refractivity contribution is -0.142. The molecule has 3 rings (SSSR count). The summed E-state index contributed by atoms with van der Waals surface area (Å²) in [4.78, 5) is 102. The Hall–Kier alpha value is -6.14. The number of aromatic nitrogens is 2. The van der Waals surface area contributed by atoms with Crippen molar-refractivity contribution in [3.8, 4) is 0 Å². The monoisotopic (exact) mass is 970 g/mol. The highest BCUT2D eigenvalue weighted by molar-refractivity contribution is 7.80. The van der Waals surface area contributed by atoms with Crippen LogP contribution in [-0.2, 0) is 35.2 Å². The Morgan fingerprint density at radius 3 is 1.94 bits per heavy atom. The number of unbranched alkanes of at least 4 members (excludes halogenated alkanes) is 2. The Balaban J connectivity index is 1.92. The number of hydrogen-bond donors (Lipinski definition) is 12. The molecule has 378 valence electrons. The van der Waals surface area contributed by atoms with Crippen molar-refractivity contribution >= 4 is 65.7 Å². The van der Waals surface area contributed by atoms with Crippen molar-refractivity contribution in [1.29, 1.82) is 0 Å². The van der Waals surface area contributed by atoms with Gasteiger partial charge in [-0.2, -0.15) is 12.6 Å². The number of hydrogen-bond acceptors (Lipinski definition) is 13. The largest absolute Gasteiger partial charge is 0.384 e. The Labute approximate surface area is 404 Å². The molecule has 4 atom stereocenters. The number of aliphatic imine (C=N–C) groups is 2. The van der Waals surface area contributed by atoms with Crippen LogP contribution in [0, 0.1) is 0 Å². The number of rotatable bonds is 34. The van der Waals surface area contributed by atoms with Crippen molar-refractivity contribution in [2.45, 2.75) is 101 Å². The minimum Gasteiger partial charge on any atom is -0.384 e. The predicted octanol–water partition coefficient (Wildman–Crippen LogP) is -1.84. The summed E-state index contributed by atoms with van der Waals surface area (Å²) >= 11 is 4.22. The van der Waals surface area contributed by atoms with E-state index in [1.54, 1.807) is 6.20 Å². The van der Waals surface area contributed by atoms with Gasteiger partial charge in [-0.1, -0.05) is 18.2 Å². The number of guanidine groups is 2. The number of carbonyl (C=O) groups excluding carboxylic acids is 6. The Bertz CT molecular complexity index is 1950. The fraction of sp³-hybridized carbons (Fsp3) is 0.614. The van der Waals surface area contributed by atoms with Gasteiger partial charge in [-0.3, -0.25) is 38.8 Å². The quantitative estimate of drug-likeness (QED) is 0.0159. The molecule has 6 amide bonds. The van der Waals surface area contributed by atoms with Gasteiger partial charge in [0.2, 0.25) is 35.4 Å². The first-order chi connectivity index (χ1) is 32.7. The molecule has 1 aromatic carbocycles. The van der Waals surface area contributed by atoms with Crippen molar-refractivity contribution in [3.63, 3.8) is 0 Å². The van der Waals surface area contributed by atoms with E-state index in [-0.39, 0.29) is 126 Å². The van der Waals surface area contributed by atoms with Crippen LogP contribution in [0.4, 0.5) is 5.69 Å². The van der Waals surface area contributed by atoms with E-state index in [0.29, 0.717) is 63.9 Å². The summed E-state index contributed by atoms with van der Waals surface area (Å²) < 4.78 is 0. The average molecular weight is 970 g/mol. The van der Waals surface area contributed by atoms with Gasteiger partial charge in [0.05, 0.1) is 6.33 Å². The first-order valence-corrected chi connectivity index (χ1v) is 24.0. The van der Waals surface area contributed by atoms with E-state index in [0.717, 1.165) is 11.3 Å². The van der Waals surface area contributed by atoms with Crippen molar-refractivity contribution in [2.24, 2.45) is 50.1 Å². The van der Waals surface area contributed by atoms with E-state index in [2.05, 4.69) is 48.5 Å². The number of para-hydroxylation sites is 1. The van der Waals surface area contributed by atoms with Gasteiger partial charge in [-0.05, 0) is 75.3 Å². The lowest BCUT2D eigenvalue weighted by atomic mass is 9.95. The number of nitrogens with one attached hydrogen (secondary N) is 4. The van der Waals surface area contributed by atoms with Gasteiger partial charge >= 0.3 is 0 Å². The van der Waals surface area contributed by atoms with Gasteiger partial charge < -0.3 is 75.8 Å². The molecule has 68 heavy (non-hydrogen) atoms. The summed E-state index contributed by atoms with van der Waals surface area (Å²) in [5, 5.41) is 9.22.